The molecule has 108 valence electrons. The number of rotatable bonds is 2. The number of nitrogens with two attached hydrogens (primary N) is 1. The molecule has 0 unspecified atom stereocenters. The summed E-state index contributed by atoms with van der Waals surface area (Å²) in [6.45, 7) is 6.65. The van der Waals surface area contributed by atoms with Crippen LogP contribution in [0, 0.1) is 0 Å². The lowest BCUT2D eigenvalue weighted by Gasteiger charge is -2.29. The van der Waals surface area contributed by atoms with Crippen LogP contribution in [0.1, 0.15) is 52.3 Å². The Balaban J connectivity index is 2.10. The quantitative estimate of drug-likeness (QED) is 0.914. The first kappa shape index (κ1) is 13.6. The van der Waals surface area contributed by atoms with Gasteiger partial charge in [0.05, 0.1) is 11.7 Å². The maximum atomic E-state index is 6.56. The summed E-state index contributed by atoms with van der Waals surface area (Å²) in [6, 6.07) is 2.05. The fourth-order valence-corrected chi connectivity index (χ4v) is 3.42. The lowest BCUT2D eigenvalue weighted by molar-refractivity contribution is 0.362. The van der Waals surface area contributed by atoms with E-state index in [1.54, 1.807) is 0 Å². The van der Waals surface area contributed by atoms with Gasteiger partial charge >= 0.3 is 0 Å². The van der Waals surface area contributed by atoms with Crippen LogP contribution in [0.25, 0.3) is 11.0 Å². The maximum absolute atomic E-state index is 6.56. The van der Waals surface area contributed by atoms with Crippen molar-refractivity contribution in [2.45, 2.75) is 64.0 Å². The average molecular weight is 272 g/mol. The van der Waals surface area contributed by atoms with Gasteiger partial charge in [0.25, 0.3) is 0 Å². The summed E-state index contributed by atoms with van der Waals surface area (Å²) in [4.78, 5) is 9.00. The summed E-state index contributed by atoms with van der Waals surface area (Å²) in [6.07, 6.45) is 9.25. The zero-order valence-corrected chi connectivity index (χ0v) is 12.7. The highest BCUT2D eigenvalue weighted by Crippen LogP contribution is 2.33. The number of pyridine rings is 1. The van der Waals surface area contributed by atoms with Crippen molar-refractivity contribution in [2.24, 2.45) is 5.73 Å². The Labute approximate surface area is 120 Å². The van der Waals surface area contributed by atoms with E-state index in [1.807, 2.05) is 12.4 Å². The Bertz CT molecular complexity index is 615. The van der Waals surface area contributed by atoms with Gasteiger partial charge in [0, 0.05) is 23.7 Å². The topological polar surface area (TPSA) is 56.7 Å². The van der Waals surface area contributed by atoms with Crippen LogP contribution < -0.4 is 5.73 Å². The molecule has 0 atom stereocenters. The lowest BCUT2D eigenvalue weighted by atomic mass is 9.94. The number of fused-ring (bicyclic) bond motifs is 1. The van der Waals surface area contributed by atoms with E-state index in [4.69, 9.17) is 10.7 Å². The van der Waals surface area contributed by atoms with Gasteiger partial charge in [-0.3, -0.25) is 4.98 Å². The van der Waals surface area contributed by atoms with Crippen LogP contribution in [-0.4, -0.2) is 20.1 Å². The zero-order valence-electron chi connectivity index (χ0n) is 12.7. The summed E-state index contributed by atoms with van der Waals surface area (Å²) >= 11 is 0. The standard InChI is InChI=1S/C16H24N4/c1-15(2,3)20-13-6-9-18-11-12(13)19-14(20)10-16(17)7-4-5-8-16/h6,9,11H,4-5,7-8,10,17H2,1-3H3. The largest absolute Gasteiger partial charge is 0.325 e. The van der Waals surface area contributed by atoms with Crippen molar-refractivity contribution in [2.75, 3.05) is 0 Å². The monoisotopic (exact) mass is 272 g/mol. The third-order valence-electron chi connectivity index (χ3n) is 4.31. The Morgan fingerprint density at radius 3 is 2.65 bits per heavy atom. The van der Waals surface area contributed by atoms with E-state index >= 15 is 0 Å². The van der Waals surface area contributed by atoms with Crippen molar-refractivity contribution < 1.29 is 0 Å². The molecule has 1 saturated carbocycles. The van der Waals surface area contributed by atoms with Gasteiger partial charge in [0.2, 0.25) is 0 Å². The van der Waals surface area contributed by atoms with Gasteiger partial charge in [-0.05, 0) is 39.7 Å². The van der Waals surface area contributed by atoms with E-state index in [9.17, 15) is 0 Å². The van der Waals surface area contributed by atoms with Crippen LogP contribution in [0.3, 0.4) is 0 Å². The first-order valence-corrected chi connectivity index (χ1v) is 7.50. The number of nitrogens with zero attached hydrogens (tertiary/aromatic N) is 3. The predicted molar refractivity (Wildman–Crippen MR) is 81.6 cm³/mol. The maximum Gasteiger partial charge on any atom is 0.112 e. The van der Waals surface area contributed by atoms with Crippen molar-refractivity contribution in [1.82, 2.24) is 14.5 Å². The third-order valence-corrected chi connectivity index (χ3v) is 4.31. The summed E-state index contributed by atoms with van der Waals surface area (Å²) in [7, 11) is 0. The molecular formula is C16H24N4. The molecule has 1 fully saturated rings. The second-order valence-corrected chi connectivity index (χ2v) is 7.14. The molecule has 2 N–H and O–H groups in total. The first-order chi connectivity index (χ1) is 9.39. The Hall–Kier alpha value is -1.42. The molecule has 0 saturated heterocycles. The molecule has 0 amide bonds. The van der Waals surface area contributed by atoms with Gasteiger partial charge in [-0.2, -0.15) is 0 Å². The van der Waals surface area contributed by atoms with Crippen molar-refractivity contribution in [3.05, 3.63) is 24.3 Å². The summed E-state index contributed by atoms with van der Waals surface area (Å²) in [5, 5.41) is 0. The highest BCUT2D eigenvalue weighted by molar-refractivity contribution is 5.75. The molecule has 0 spiro atoms. The van der Waals surface area contributed by atoms with Crippen molar-refractivity contribution >= 4 is 11.0 Å². The van der Waals surface area contributed by atoms with Crippen molar-refractivity contribution in [1.29, 1.82) is 0 Å². The van der Waals surface area contributed by atoms with Crippen molar-refractivity contribution in [3.63, 3.8) is 0 Å². The Morgan fingerprint density at radius 2 is 2.00 bits per heavy atom. The van der Waals surface area contributed by atoms with Crippen molar-refractivity contribution in [3.8, 4) is 0 Å². The van der Waals surface area contributed by atoms with Gasteiger partial charge in [0.1, 0.15) is 11.3 Å². The van der Waals surface area contributed by atoms with Crippen LogP contribution in [0.5, 0.6) is 0 Å². The fraction of sp³-hybridized carbons (Fsp3) is 0.625. The van der Waals surface area contributed by atoms with E-state index in [0.717, 1.165) is 36.1 Å². The summed E-state index contributed by atoms with van der Waals surface area (Å²) in [5.41, 5.74) is 8.61. The van der Waals surface area contributed by atoms with Gasteiger partial charge in [-0.15, -0.1) is 0 Å². The molecule has 1 aliphatic carbocycles. The third kappa shape index (κ3) is 2.33. The second kappa shape index (κ2) is 4.55. The molecule has 2 aromatic heterocycles. The number of hydrogen-bond acceptors (Lipinski definition) is 3. The number of aromatic nitrogens is 3. The molecular weight excluding hydrogens is 248 g/mol. The Kier molecular flexibility index (Phi) is 3.09. The molecule has 2 aromatic rings. The number of hydrogen-bond donors (Lipinski definition) is 1. The summed E-state index contributed by atoms with van der Waals surface area (Å²) < 4.78 is 2.33. The molecule has 2 heterocycles. The van der Waals surface area contributed by atoms with Crippen LogP contribution in [0.15, 0.2) is 18.5 Å². The molecule has 0 radical (unpaired) electrons. The van der Waals surface area contributed by atoms with E-state index in [1.165, 1.54) is 12.8 Å². The zero-order chi connectivity index (χ0) is 14.4. The van der Waals surface area contributed by atoms with E-state index in [0.29, 0.717) is 0 Å². The molecule has 4 heteroatoms. The van der Waals surface area contributed by atoms with Gasteiger partial charge in [-0.1, -0.05) is 12.8 Å². The molecule has 0 aromatic carbocycles. The van der Waals surface area contributed by atoms with Crippen LogP contribution in [0.4, 0.5) is 0 Å². The Morgan fingerprint density at radius 1 is 1.30 bits per heavy atom. The van der Waals surface area contributed by atoms with E-state index < -0.39 is 0 Å². The molecule has 1 aliphatic rings. The van der Waals surface area contributed by atoms with Gasteiger partial charge in [0.15, 0.2) is 0 Å². The lowest BCUT2D eigenvalue weighted by Crippen LogP contribution is -2.40. The predicted octanol–water partition coefficient (Wildman–Crippen LogP) is 3.00. The van der Waals surface area contributed by atoms with Crippen LogP contribution in [0.2, 0.25) is 0 Å². The normalized spacial score (nSPS) is 18.8. The second-order valence-electron chi connectivity index (χ2n) is 7.14. The average Bonchev–Trinajstić information content (AvgIpc) is 2.91. The van der Waals surface area contributed by atoms with Gasteiger partial charge < -0.3 is 10.3 Å². The summed E-state index contributed by atoms with van der Waals surface area (Å²) in [5.74, 6) is 1.10. The van der Waals surface area contributed by atoms with E-state index in [2.05, 4.69) is 36.4 Å². The van der Waals surface area contributed by atoms with E-state index in [-0.39, 0.29) is 11.1 Å². The first-order valence-electron chi connectivity index (χ1n) is 7.50. The van der Waals surface area contributed by atoms with Crippen LogP contribution >= 0.6 is 0 Å². The molecule has 4 nitrogen and oxygen atoms in total. The highest BCUT2D eigenvalue weighted by atomic mass is 15.1. The molecule has 3 rings (SSSR count). The number of imidazole rings is 1. The molecule has 0 aliphatic heterocycles. The minimum atomic E-state index is -0.0716. The van der Waals surface area contributed by atoms with Crippen LogP contribution in [-0.2, 0) is 12.0 Å². The highest BCUT2D eigenvalue weighted by Gasteiger charge is 2.33. The minimum Gasteiger partial charge on any atom is -0.325 e. The molecule has 0 bridgehead atoms. The molecule has 20 heavy (non-hydrogen) atoms. The SMILES string of the molecule is CC(C)(C)n1c(CC2(N)CCCC2)nc2cnccc21. The minimum absolute atomic E-state index is 0.000398. The van der Waals surface area contributed by atoms with Gasteiger partial charge in [-0.25, -0.2) is 4.98 Å². The fourth-order valence-electron chi connectivity index (χ4n) is 3.42. The smallest absolute Gasteiger partial charge is 0.112 e.